The summed E-state index contributed by atoms with van der Waals surface area (Å²) in [5, 5.41) is 3.40. The molecule has 130 valence electrons. The van der Waals surface area contributed by atoms with Gasteiger partial charge in [-0.1, -0.05) is 30.3 Å². The van der Waals surface area contributed by atoms with Crippen LogP contribution in [0.3, 0.4) is 0 Å². The highest BCUT2D eigenvalue weighted by molar-refractivity contribution is 5.93. The van der Waals surface area contributed by atoms with Gasteiger partial charge in [0.2, 0.25) is 0 Å². The average Bonchev–Trinajstić information content (AvgIpc) is 3.12. The van der Waals surface area contributed by atoms with E-state index in [9.17, 15) is 0 Å². The number of fused-ring (bicyclic) bond motifs is 1. The number of hydrogen-bond acceptors (Lipinski definition) is 4. The second-order valence-electron chi connectivity index (χ2n) is 6.57. The summed E-state index contributed by atoms with van der Waals surface area (Å²) in [5.41, 5.74) is 3.96. The summed E-state index contributed by atoms with van der Waals surface area (Å²) in [6.45, 7) is 5.90. The highest BCUT2D eigenvalue weighted by Gasteiger charge is 2.18. The van der Waals surface area contributed by atoms with Crippen molar-refractivity contribution in [3.63, 3.8) is 0 Å². The van der Waals surface area contributed by atoms with Gasteiger partial charge in [-0.2, -0.15) is 0 Å². The van der Waals surface area contributed by atoms with E-state index >= 15 is 0 Å². The van der Waals surface area contributed by atoms with Gasteiger partial charge in [0.1, 0.15) is 11.0 Å². The van der Waals surface area contributed by atoms with Crippen LogP contribution in [0.15, 0.2) is 42.9 Å². The van der Waals surface area contributed by atoms with Crippen LogP contribution < -0.4 is 10.1 Å². The maximum Gasteiger partial charge on any atom is 0.163 e. The van der Waals surface area contributed by atoms with E-state index in [0.717, 1.165) is 54.3 Å². The van der Waals surface area contributed by atoms with Crippen molar-refractivity contribution >= 4 is 11.0 Å². The van der Waals surface area contributed by atoms with Crippen molar-refractivity contribution in [1.82, 2.24) is 19.9 Å². The zero-order valence-corrected chi connectivity index (χ0v) is 14.6. The molecule has 0 aliphatic carbocycles. The fourth-order valence-corrected chi connectivity index (χ4v) is 3.47. The molecule has 0 bridgehead atoms. The van der Waals surface area contributed by atoms with Gasteiger partial charge in [-0.25, -0.2) is 9.97 Å². The number of aryl methyl sites for hydroxylation is 1. The third-order valence-electron chi connectivity index (χ3n) is 4.93. The summed E-state index contributed by atoms with van der Waals surface area (Å²) < 4.78 is 8.34. The Morgan fingerprint density at radius 1 is 1.16 bits per heavy atom. The molecule has 5 heteroatoms. The third kappa shape index (κ3) is 3.24. The van der Waals surface area contributed by atoms with Gasteiger partial charge in [-0.05, 0) is 38.8 Å². The zero-order chi connectivity index (χ0) is 17.1. The molecule has 1 N–H and O–H groups in total. The number of nitrogens with one attached hydrogen (secondary N) is 1. The Hall–Kier alpha value is -2.40. The number of hydrogen-bond donors (Lipinski definition) is 1. The normalized spacial score (nSPS) is 15.6. The second kappa shape index (κ2) is 7.23. The summed E-state index contributed by atoms with van der Waals surface area (Å²) >= 11 is 0. The lowest BCUT2D eigenvalue weighted by Crippen LogP contribution is -2.30. The lowest BCUT2D eigenvalue weighted by molar-refractivity contribution is 0.216. The highest BCUT2D eigenvalue weighted by atomic mass is 16.5. The molecular formula is C20H24N4O. The van der Waals surface area contributed by atoms with Crippen LogP contribution in [0.2, 0.25) is 0 Å². The van der Waals surface area contributed by atoms with Crippen LogP contribution in [-0.4, -0.2) is 34.2 Å². The number of nitrogens with zero attached hydrogens (tertiary/aromatic N) is 3. The fraction of sp³-hybridized carbons (Fsp3) is 0.400. The van der Waals surface area contributed by atoms with Crippen molar-refractivity contribution in [1.29, 1.82) is 0 Å². The monoisotopic (exact) mass is 336 g/mol. The van der Waals surface area contributed by atoms with E-state index in [-0.39, 0.29) is 0 Å². The molecule has 0 radical (unpaired) electrons. The molecule has 0 unspecified atom stereocenters. The Bertz CT molecular complexity index is 838. The maximum atomic E-state index is 6.20. The van der Waals surface area contributed by atoms with Crippen LogP contribution >= 0.6 is 0 Å². The lowest BCUT2D eigenvalue weighted by atomic mass is 9.99. The number of piperidine rings is 1. The Kier molecular flexibility index (Phi) is 4.65. The molecule has 1 fully saturated rings. The van der Waals surface area contributed by atoms with Gasteiger partial charge in [-0.3, -0.25) is 0 Å². The van der Waals surface area contributed by atoms with Crippen LogP contribution in [0.5, 0.6) is 5.75 Å². The smallest absolute Gasteiger partial charge is 0.163 e. The SMILES string of the molecule is CCn1cnc2c(-c3ccccc3)ncc(OCC3CCNCC3)c21. The number of ether oxygens (including phenoxy) is 1. The molecule has 1 aliphatic rings. The Labute approximate surface area is 148 Å². The molecule has 0 amide bonds. The summed E-state index contributed by atoms with van der Waals surface area (Å²) in [4.78, 5) is 9.31. The van der Waals surface area contributed by atoms with Gasteiger partial charge in [0.25, 0.3) is 0 Å². The van der Waals surface area contributed by atoms with Gasteiger partial charge in [0.05, 0.1) is 24.8 Å². The van der Waals surface area contributed by atoms with E-state index in [1.54, 1.807) is 0 Å². The molecule has 0 saturated carbocycles. The first kappa shape index (κ1) is 16.1. The van der Waals surface area contributed by atoms with Gasteiger partial charge in [0, 0.05) is 12.1 Å². The standard InChI is InChI=1S/C20H24N4O/c1-2-24-14-23-19-18(16-6-4-3-5-7-16)22-12-17(20(19)24)25-13-15-8-10-21-11-9-15/h3-7,12,14-15,21H,2,8-11,13H2,1H3. The van der Waals surface area contributed by atoms with E-state index < -0.39 is 0 Å². The molecule has 3 heterocycles. The molecule has 0 spiro atoms. The van der Waals surface area contributed by atoms with Crippen LogP contribution in [0.25, 0.3) is 22.3 Å². The largest absolute Gasteiger partial charge is 0.489 e. The number of pyridine rings is 1. The zero-order valence-electron chi connectivity index (χ0n) is 14.6. The minimum absolute atomic E-state index is 0.614. The molecule has 1 saturated heterocycles. The summed E-state index contributed by atoms with van der Waals surface area (Å²) in [7, 11) is 0. The Morgan fingerprint density at radius 3 is 2.72 bits per heavy atom. The van der Waals surface area contributed by atoms with Crippen molar-refractivity contribution in [2.24, 2.45) is 5.92 Å². The van der Waals surface area contributed by atoms with Crippen LogP contribution in [0.1, 0.15) is 19.8 Å². The minimum atomic E-state index is 0.614. The first-order chi connectivity index (χ1) is 12.4. The molecule has 25 heavy (non-hydrogen) atoms. The lowest BCUT2D eigenvalue weighted by Gasteiger charge is -2.23. The molecular weight excluding hydrogens is 312 g/mol. The highest BCUT2D eigenvalue weighted by Crippen LogP contribution is 2.32. The van der Waals surface area contributed by atoms with Gasteiger partial charge in [0.15, 0.2) is 5.75 Å². The average molecular weight is 336 g/mol. The summed E-state index contributed by atoms with van der Waals surface area (Å²) in [6, 6.07) is 10.2. The van der Waals surface area contributed by atoms with Gasteiger partial charge >= 0.3 is 0 Å². The third-order valence-corrected chi connectivity index (χ3v) is 4.93. The van der Waals surface area contributed by atoms with Crippen molar-refractivity contribution < 1.29 is 4.74 Å². The fourth-order valence-electron chi connectivity index (χ4n) is 3.47. The van der Waals surface area contributed by atoms with Crippen molar-refractivity contribution in [3.05, 3.63) is 42.9 Å². The van der Waals surface area contributed by atoms with Crippen molar-refractivity contribution in [2.75, 3.05) is 19.7 Å². The van der Waals surface area contributed by atoms with Crippen molar-refractivity contribution in [3.8, 4) is 17.0 Å². The quantitative estimate of drug-likeness (QED) is 0.775. The topological polar surface area (TPSA) is 52.0 Å². The first-order valence-corrected chi connectivity index (χ1v) is 9.09. The van der Waals surface area contributed by atoms with E-state index in [0.29, 0.717) is 5.92 Å². The second-order valence-corrected chi connectivity index (χ2v) is 6.57. The van der Waals surface area contributed by atoms with Gasteiger partial charge < -0.3 is 14.6 Å². The van der Waals surface area contributed by atoms with E-state index in [1.165, 1.54) is 12.8 Å². The molecule has 4 rings (SSSR count). The minimum Gasteiger partial charge on any atom is -0.489 e. The van der Waals surface area contributed by atoms with E-state index in [4.69, 9.17) is 4.74 Å². The number of imidazole rings is 1. The number of aromatic nitrogens is 3. The van der Waals surface area contributed by atoms with E-state index in [2.05, 4.69) is 38.9 Å². The first-order valence-electron chi connectivity index (χ1n) is 9.09. The van der Waals surface area contributed by atoms with E-state index in [1.807, 2.05) is 30.7 Å². The Balaban J connectivity index is 1.69. The molecule has 1 aliphatic heterocycles. The summed E-state index contributed by atoms with van der Waals surface area (Å²) in [5.74, 6) is 1.45. The molecule has 1 aromatic carbocycles. The molecule has 5 nitrogen and oxygen atoms in total. The van der Waals surface area contributed by atoms with Crippen molar-refractivity contribution in [2.45, 2.75) is 26.3 Å². The number of benzene rings is 1. The Morgan fingerprint density at radius 2 is 1.96 bits per heavy atom. The molecule has 0 atom stereocenters. The van der Waals surface area contributed by atoms with Crippen LogP contribution in [-0.2, 0) is 6.54 Å². The predicted molar refractivity (Wildman–Crippen MR) is 99.7 cm³/mol. The number of rotatable bonds is 5. The summed E-state index contributed by atoms with van der Waals surface area (Å²) in [6.07, 6.45) is 6.09. The predicted octanol–water partition coefficient (Wildman–Crippen LogP) is 3.50. The maximum absolute atomic E-state index is 6.20. The molecule has 3 aromatic rings. The molecule has 2 aromatic heterocycles. The van der Waals surface area contributed by atoms with Crippen LogP contribution in [0.4, 0.5) is 0 Å². The van der Waals surface area contributed by atoms with Crippen LogP contribution in [0, 0.1) is 5.92 Å². The van der Waals surface area contributed by atoms with Gasteiger partial charge in [-0.15, -0.1) is 0 Å².